The normalized spacial score (nSPS) is 24.8. The second-order valence-electron chi connectivity index (χ2n) is 4.71. The summed E-state index contributed by atoms with van der Waals surface area (Å²) in [6.45, 7) is 3.96. The molecule has 0 spiro atoms. The van der Waals surface area contributed by atoms with Crippen LogP contribution in [0.25, 0.3) is 0 Å². The third-order valence-electron chi connectivity index (χ3n) is 3.89. The fraction of sp³-hybridized carbons (Fsp3) is 0.500. The van der Waals surface area contributed by atoms with Crippen LogP contribution in [0, 0.1) is 11.3 Å². The minimum Gasteiger partial charge on any atom is -0.484 e. The number of aliphatic hydroxyl groups excluding tert-OH is 1. The van der Waals surface area contributed by atoms with Gasteiger partial charge in [-0.1, -0.05) is 13.8 Å². The van der Waals surface area contributed by atoms with E-state index in [2.05, 4.69) is 6.07 Å². The standard InChI is InChI=1S/C14H18N2O2/c1-3-14(4-2)13(17)12(16)10-7-9(8-15)5-6-11(10)18-14/h5-7,12-13,17H,3-4,16H2,1-2H3. The van der Waals surface area contributed by atoms with Gasteiger partial charge in [-0.3, -0.25) is 0 Å². The quantitative estimate of drug-likeness (QED) is 0.835. The van der Waals surface area contributed by atoms with Crippen molar-refractivity contribution in [2.24, 2.45) is 5.73 Å². The van der Waals surface area contributed by atoms with Crippen molar-refractivity contribution in [3.05, 3.63) is 29.3 Å². The Bertz CT molecular complexity index is 489. The SMILES string of the molecule is CCC1(CC)Oc2ccc(C#N)cc2C(N)C1O. The smallest absolute Gasteiger partial charge is 0.136 e. The van der Waals surface area contributed by atoms with E-state index in [9.17, 15) is 5.11 Å². The second kappa shape index (κ2) is 4.60. The molecule has 0 amide bonds. The van der Waals surface area contributed by atoms with Crippen LogP contribution in [0.4, 0.5) is 0 Å². The van der Waals surface area contributed by atoms with E-state index >= 15 is 0 Å². The first-order chi connectivity index (χ1) is 8.57. The molecule has 1 aromatic carbocycles. The van der Waals surface area contributed by atoms with Gasteiger partial charge < -0.3 is 15.6 Å². The molecule has 0 saturated carbocycles. The van der Waals surface area contributed by atoms with Crippen LogP contribution in [0.2, 0.25) is 0 Å². The van der Waals surface area contributed by atoms with Crippen LogP contribution in [-0.2, 0) is 0 Å². The van der Waals surface area contributed by atoms with Gasteiger partial charge in [-0.05, 0) is 31.0 Å². The molecule has 0 radical (unpaired) electrons. The maximum Gasteiger partial charge on any atom is 0.136 e. The predicted molar refractivity (Wildman–Crippen MR) is 68.0 cm³/mol. The Morgan fingerprint density at radius 2 is 2.11 bits per heavy atom. The Labute approximate surface area is 107 Å². The molecule has 2 rings (SSSR count). The van der Waals surface area contributed by atoms with Gasteiger partial charge in [-0.15, -0.1) is 0 Å². The van der Waals surface area contributed by atoms with E-state index in [1.54, 1.807) is 18.2 Å². The van der Waals surface area contributed by atoms with Crippen molar-refractivity contribution < 1.29 is 9.84 Å². The zero-order chi connectivity index (χ0) is 13.3. The lowest BCUT2D eigenvalue weighted by atomic mass is 9.81. The van der Waals surface area contributed by atoms with Crippen molar-refractivity contribution in [3.63, 3.8) is 0 Å². The summed E-state index contributed by atoms with van der Waals surface area (Å²) in [6, 6.07) is 6.72. The molecular weight excluding hydrogens is 228 g/mol. The summed E-state index contributed by atoms with van der Waals surface area (Å²) in [5, 5.41) is 19.3. The van der Waals surface area contributed by atoms with Crippen LogP contribution >= 0.6 is 0 Å². The molecule has 96 valence electrons. The van der Waals surface area contributed by atoms with E-state index in [0.29, 0.717) is 29.7 Å². The number of nitriles is 1. The molecule has 0 aromatic heterocycles. The van der Waals surface area contributed by atoms with E-state index in [-0.39, 0.29) is 0 Å². The summed E-state index contributed by atoms with van der Waals surface area (Å²) in [6.07, 6.45) is 0.629. The second-order valence-corrected chi connectivity index (χ2v) is 4.71. The summed E-state index contributed by atoms with van der Waals surface area (Å²) in [4.78, 5) is 0. The van der Waals surface area contributed by atoms with Gasteiger partial charge in [0.05, 0.1) is 17.7 Å². The van der Waals surface area contributed by atoms with Crippen LogP contribution < -0.4 is 10.5 Å². The lowest BCUT2D eigenvalue weighted by Crippen LogP contribution is -2.54. The maximum absolute atomic E-state index is 10.4. The third-order valence-corrected chi connectivity index (χ3v) is 3.89. The molecule has 4 heteroatoms. The zero-order valence-corrected chi connectivity index (χ0v) is 10.7. The maximum atomic E-state index is 10.4. The van der Waals surface area contributed by atoms with Crippen molar-refractivity contribution >= 4 is 0 Å². The molecule has 3 N–H and O–H groups in total. The van der Waals surface area contributed by atoms with Crippen molar-refractivity contribution in [2.45, 2.75) is 44.4 Å². The van der Waals surface area contributed by atoms with Gasteiger partial charge >= 0.3 is 0 Å². The fourth-order valence-electron chi connectivity index (χ4n) is 2.56. The molecule has 4 nitrogen and oxygen atoms in total. The molecule has 2 atom stereocenters. The zero-order valence-electron chi connectivity index (χ0n) is 10.7. The van der Waals surface area contributed by atoms with E-state index in [1.165, 1.54) is 0 Å². The molecule has 0 saturated heterocycles. The molecule has 1 aliphatic rings. The number of aliphatic hydroxyl groups is 1. The molecule has 1 aliphatic heterocycles. The van der Waals surface area contributed by atoms with Crippen molar-refractivity contribution in [1.82, 2.24) is 0 Å². The van der Waals surface area contributed by atoms with E-state index in [1.807, 2.05) is 13.8 Å². The minimum atomic E-state index is -0.756. The van der Waals surface area contributed by atoms with Crippen LogP contribution in [0.3, 0.4) is 0 Å². The third kappa shape index (κ3) is 1.76. The van der Waals surface area contributed by atoms with Crippen LogP contribution in [-0.4, -0.2) is 16.8 Å². The number of ether oxygens (including phenoxy) is 1. The molecule has 2 unspecified atom stereocenters. The lowest BCUT2D eigenvalue weighted by Gasteiger charge is -2.44. The van der Waals surface area contributed by atoms with E-state index in [4.69, 9.17) is 15.7 Å². The summed E-state index contributed by atoms with van der Waals surface area (Å²) >= 11 is 0. The average Bonchev–Trinajstić information content (AvgIpc) is 2.42. The highest BCUT2D eigenvalue weighted by Crippen LogP contribution is 2.42. The van der Waals surface area contributed by atoms with E-state index < -0.39 is 17.7 Å². The highest BCUT2D eigenvalue weighted by molar-refractivity contribution is 5.46. The molecular formula is C14H18N2O2. The summed E-state index contributed by atoms with van der Waals surface area (Å²) in [7, 11) is 0. The Morgan fingerprint density at radius 3 is 2.67 bits per heavy atom. The van der Waals surface area contributed by atoms with Crippen molar-refractivity contribution in [2.75, 3.05) is 0 Å². The monoisotopic (exact) mass is 246 g/mol. The van der Waals surface area contributed by atoms with E-state index in [0.717, 1.165) is 0 Å². The van der Waals surface area contributed by atoms with Gasteiger partial charge in [-0.25, -0.2) is 0 Å². The Hall–Kier alpha value is -1.57. The first-order valence-electron chi connectivity index (χ1n) is 6.24. The highest BCUT2D eigenvalue weighted by Gasteiger charge is 2.45. The predicted octanol–water partition coefficient (Wildman–Crippen LogP) is 1.87. The Morgan fingerprint density at radius 1 is 1.44 bits per heavy atom. The van der Waals surface area contributed by atoms with Crippen LogP contribution in [0.5, 0.6) is 5.75 Å². The number of hydrogen-bond donors (Lipinski definition) is 2. The largest absolute Gasteiger partial charge is 0.484 e. The number of rotatable bonds is 2. The number of fused-ring (bicyclic) bond motifs is 1. The van der Waals surface area contributed by atoms with Gasteiger partial charge in [0.2, 0.25) is 0 Å². The van der Waals surface area contributed by atoms with Crippen LogP contribution in [0.1, 0.15) is 43.9 Å². The molecule has 18 heavy (non-hydrogen) atoms. The first kappa shape index (κ1) is 12.9. The molecule has 0 fully saturated rings. The number of nitrogens with two attached hydrogens (primary N) is 1. The highest BCUT2D eigenvalue weighted by atomic mass is 16.5. The number of hydrogen-bond acceptors (Lipinski definition) is 4. The topological polar surface area (TPSA) is 79.3 Å². The first-order valence-corrected chi connectivity index (χ1v) is 6.24. The summed E-state index contributed by atoms with van der Waals surface area (Å²) < 4.78 is 5.96. The van der Waals surface area contributed by atoms with Crippen LogP contribution in [0.15, 0.2) is 18.2 Å². The van der Waals surface area contributed by atoms with Gasteiger partial charge in [0.1, 0.15) is 17.5 Å². The Balaban J connectivity index is 2.50. The minimum absolute atomic E-state index is 0.512. The van der Waals surface area contributed by atoms with Gasteiger partial charge in [0.25, 0.3) is 0 Å². The molecule has 1 aromatic rings. The summed E-state index contributed by atoms with van der Waals surface area (Å²) in [5.41, 5.74) is 6.71. The molecule has 0 bridgehead atoms. The lowest BCUT2D eigenvalue weighted by molar-refractivity contribution is -0.0858. The average molecular weight is 246 g/mol. The van der Waals surface area contributed by atoms with Gasteiger partial charge in [-0.2, -0.15) is 5.26 Å². The fourth-order valence-corrected chi connectivity index (χ4v) is 2.56. The summed E-state index contributed by atoms with van der Waals surface area (Å²) in [5.74, 6) is 0.676. The van der Waals surface area contributed by atoms with Crippen molar-refractivity contribution in [3.8, 4) is 11.8 Å². The Kier molecular flexibility index (Phi) is 3.29. The van der Waals surface area contributed by atoms with Gasteiger partial charge in [0, 0.05) is 5.56 Å². The molecule has 0 aliphatic carbocycles. The number of benzene rings is 1. The number of nitrogens with zero attached hydrogens (tertiary/aromatic N) is 1. The van der Waals surface area contributed by atoms with Crippen molar-refractivity contribution in [1.29, 1.82) is 5.26 Å². The van der Waals surface area contributed by atoms with Gasteiger partial charge in [0.15, 0.2) is 0 Å². The molecule has 1 heterocycles.